The lowest BCUT2D eigenvalue weighted by Gasteiger charge is -2.12. The molecule has 0 aromatic heterocycles. The summed E-state index contributed by atoms with van der Waals surface area (Å²) in [5, 5.41) is 10.9. The monoisotopic (exact) mass is 189 g/mol. The van der Waals surface area contributed by atoms with Gasteiger partial charge in [-0.05, 0) is 31.0 Å². The first-order chi connectivity index (χ1) is 5.84. The Balaban J connectivity index is 3.43. The zero-order valence-corrected chi connectivity index (χ0v) is 7.20. The molecule has 1 nitrogen and oxygen atoms in total. The molecule has 0 saturated carbocycles. The average molecular weight is 189 g/mol. The molecule has 1 radical (unpaired) electrons. The molecular weight excluding hydrogens is 181 g/mol. The van der Waals surface area contributed by atoms with E-state index in [1.165, 1.54) is 13.0 Å². The van der Waals surface area contributed by atoms with Gasteiger partial charge in [-0.15, -0.1) is 0 Å². The van der Waals surface area contributed by atoms with E-state index in [2.05, 4.69) is 0 Å². The van der Waals surface area contributed by atoms with Crippen LogP contribution in [-0.4, -0.2) is 0 Å². The van der Waals surface area contributed by atoms with E-state index >= 15 is 0 Å². The highest BCUT2D eigenvalue weighted by atomic mass is 19.4. The maximum atomic E-state index is 12.3. The topological polar surface area (TPSA) is 19.9 Å². The SMILES string of the molecule is Cc1ccc([O])c(C(F)(F)F)c1C. The molecule has 0 heterocycles. The zero-order chi connectivity index (χ0) is 10.2. The molecule has 0 saturated heterocycles. The molecule has 4 heteroatoms. The molecule has 0 aliphatic rings. The van der Waals surface area contributed by atoms with Crippen molar-refractivity contribution in [2.24, 2.45) is 0 Å². The minimum atomic E-state index is -4.55. The van der Waals surface area contributed by atoms with Crippen molar-refractivity contribution in [3.8, 4) is 5.75 Å². The highest BCUT2D eigenvalue weighted by Gasteiger charge is 2.36. The van der Waals surface area contributed by atoms with Gasteiger partial charge >= 0.3 is 6.18 Å². The van der Waals surface area contributed by atoms with Crippen LogP contribution in [0.3, 0.4) is 0 Å². The Morgan fingerprint density at radius 3 is 2.08 bits per heavy atom. The molecule has 0 spiro atoms. The molecule has 0 aliphatic heterocycles. The fraction of sp³-hybridized carbons (Fsp3) is 0.333. The van der Waals surface area contributed by atoms with Crippen LogP contribution in [0, 0.1) is 13.8 Å². The summed E-state index contributed by atoms with van der Waals surface area (Å²) >= 11 is 0. The highest BCUT2D eigenvalue weighted by molar-refractivity contribution is 5.44. The summed E-state index contributed by atoms with van der Waals surface area (Å²) in [5.74, 6) is -0.962. The quantitative estimate of drug-likeness (QED) is 0.595. The fourth-order valence-electron chi connectivity index (χ4n) is 1.14. The summed E-state index contributed by atoms with van der Waals surface area (Å²) in [6.07, 6.45) is -4.55. The van der Waals surface area contributed by atoms with Gasteiger partial charge in [-0.2, -0.15) is 13.2 Å². The maximum absolute atomic E-state index is 12.3. The molecule has 0 atom stereocenters. The lowest BCUT2D eigenvalue weighted by Crippen LogP contribution is -2.08. The number of aryl methyl sites for hydroxylation is 1. The van der Waals surface area contributed by atoms with Crippen LogP contribution >= 0.6 is 0 Å². The van der Waals surface area contributed by atoms with E-state index in [1.807, 2.05) is 0 Å². The van der Waals surface area contributed by atoms with Gasteiger partial charge in [-0.3, -0.25) is 5.11 Å². The van der Waals surface area contributed by atoms with Crippen LogP contribution in [-0.2, 0) is 11.3 Å². The number of benzene rings is 1. The molecule has 0 amide bonds. The minimum absolute atomic E-state index is 0.0139. The Morgan fingerprint density at radius 2 is 1.69 bits per heavy atom. The summed E-state index contributed by atoms with van der Waals surface area (Å²) in [5.41, 5.74) is -0.556. The van der Waals surface area contributed by atoms with Crippen molar-refractivity contribution in [1.82, 2.24) is 0 Å². The van der Waals surface area contributed by atoms with E-state index in [9.17, 15) is 18.3 Å². The van der Waals surface area contributed by atoms with Gasteiger partial charge < -0.3 is 0 Å². The Hall–Kier alpha value is -1.19. The Morgan fingerprint density at radius 1 is 1.15 bits per heavy atom. The number of hydrogen-bond acceptors (Lipinski definition) is 0. The average Bonchev–Trinajstić information content (AvgIpc) is 1.95. The predicted octanol–water partition coefficient (Wildman–Crippen LogP) is 3.47. The Labute approximate surface area is 73.8 Å². The van der Waals surface area contributed by atoms with Gasteiger partial charge in [-0.25, -0.2) is 0 Å². The van der Waals surface area contributed by atoms with Gasteiger partial charge in [0.25, 0.3) is 0 Å². The van der Waals surface area contributed by atoms with Crippen molar-refractivity contribution in [1.29, 1.82) is 0 Å². The number of alkyl halides is 3. The van der Waals surface area contributed by atoms with Crippen molar-refractivity contribution in [3.05, 3.63) is 28.8 Å². The number of halogens is 3. The van der Waals surface area contributed by atoms with Gasteiger partial charge in [0.2, 0.25) is 0 Å². The number of rotatable bonds is 0. The van der Waals surface area contributed by atoms with Gasteiger partial charge in [0.05, 0.1) is 0 Å². The summed E-state index contributed by atoms with van der Waals surface area (Å²) in [7, 11) is 0. The molecule has 1 rings (SSSR count). The molecule has 0 bridgehead atoms. The largest absolute Gasteiger partial charge is 0.420 e. The van der Waals surface area contributed by atoms with E-state index in [0.29, 0.717) is 5.56 Å². The third kappa shape index (κ3) is 1.76. The first kappa shape index (κ1) is 9.89. The van der Waals surface area contributed by atoms with Crippen molar-refractivity contribution >= 4 is 0 Å². The van der Waals surface area contributed by atoms with Crippen molar-refractivity contribution in [2.45, 2.75) is 20.0 Å². The zero-order valence-electron chi connectivity index (χ0n) is 7.20. The molecule has 1 aromatic carbocycles. The van der Waals surface area contributed by atoms with Crippen LogP contribution in [0.4, 0.5) is 13.2 Å². The van der Waals surface area contributed by atoms with E-state index in [-0.39, 0.29) is 5.56 Å². The first-order valence-corrected chi connectivity index (χ1v) is 3.68. The Bertz CT molecular complexity index is 328. The standard InChI is InChI=1S/C9H8F3O/c1-5-3-4-7(13)8(6(5)2)9(10,11)12/h3-4H,1-2H3. The lowest BCUT2D eigenvalue weighted by atomic mass is 10.0. The normalized spacial score (nSPS) is 11.8. The van der Waals surface area contributed by atoms with Crippen LogP contribution in [0.5, 0.6) is 5.75 Å². The third-order valence-corrected chi connectivity index (χ3v) is 1.98. The van der Waals surface area contributed by atoms with Gasteiger partial charge in [0.1, 0.15) is 5.56 Å². The number of hydrogen-bond donors (Lipinski definition) is 0. The molecule has 0 unspecified atom stereocenters. The van der Waals surface area contributed by atoms with Crippen molar-refractivity contribution in [2.75, 3.05) is 0 Å². The summed E-state index contributed by atoms with van der Waals surface area (Å²) in [6, 6.07) is 2.35. The third-order valence-electron chi connectivity index (χ3n) is 1.98. The fourth-order valence-corrected chi connectivity index (χ4v) is 1.14. The van der Waals surface area contributed by atoms with E-state index < -0.39 is 17.5 Å². The molecule has 0 fully saturated rings. The lowest BCUT2D eigenvalue weighted by molar-refractivity contribution is -0.139. The summed E-state index contributed by atoms with van der Waals surface area (Å²) < 4.78 is 36.9. The minimum Gasteiger partial charge on any atom is -0.289 e. The first-order valence-electron chi connectivity index (χ1n) is 3.68. The van der Waals surface area contributed by atoms with E-state index in [1.54, 1.807) is 6.92 Å². The van der Waals surface area contributed by atoms with Gasteiger partial charge in [0.15, 0.2) is 5.75 Å². The Kier molecular flexibility index (Phi) is 2.24. The molecular formula is C9H8F3O. The maximum Gasteiger partial charge on any atom is 0.420 e. The predicted molar refractivity (Wildman–Crippen MR) is 41.1 cm³/mol. The second-order valence-electron chi connectivity index (χ2n) is 2.88. The van der Waals surface area contributed by atoms with Gasteiger partial charge in [-0.1, -0.05) is 6.07 Å². The smallest absolute Gasteiger partial charge is 0.289 e. The van der Waals surface area contributed by atoms with Crippen LogP contribution in [0.2, 0.25) is 0 Å². The van der Waals surface area contributed by atoms with Gasteiger partial charge in [0, 0.05) is 0 Å². The molecule has 0 N–H and O–H groups in total. The van der Waals surface area contributed by atoms with E-state index in [4.69, 9.17) is 0 Å². The highest BCUT2D eigenvalue weighted by Crippen LogP contribution is 2.39. The van der Waals surface area contributed by atoms with Crippen LogP contribution < -0.4 is 0 Å². The van der Waals surface area contributed by atoms with Crippen LogP contribution in [0.15, 0.2) is 12.1 Å². The van der Waals surface area contributed by atoms with Crippen LogP contribution in [0.1, 0.15) is 16.7 Å². The second-order valence-corrected chi connectivity index (χ2v) is 2.88. The summed E-state index contributed by atoms with van der Waals surface area (Å²) in [4.78, 5) is 0. The molecule has 1 aromatic rings. The van der Waals surface area contributed by atoms with Crippen molar-refractivity contribution in [3.63, 3.8) is 0 Å². The van der Waals surface area contributed by atoms with Crippen LogP contribution in [0.25, 0.3) is 0 Å². The second kappa shape index (κ2) is 2.94. The van der Waals surface area contributed by atoms with E-state index in [0.717, 1.165) is 6.07 Å². The molecule has 13 heavy (non-hydrogen) atoms. The molecule has 0 aliphatic carbocycles. The van der Waals surface area contributed by atoms with Crippen molar-refractivity contribution < 1.29 is 18.3 Å². The summed E-state index contributed by atoms with van der Waals surface area (Å²) in [6.45, 7) is 2.85. The molecule has 71 valence electrons.